The number of amides is 1. The van der Waals surface area contributed by atoms with Crippen molar-refractivity contribution < 1.29 is 4.79 Å². The molecule has 2 heterocycles. The molecule has 0 aromatic heterocycles. The summed E-state index contributed by atoms with van der Waals surface area (Å²) in [4.78, 5) is 13.3. The Kier molecular flexibility index (Phi) is 1.68. The van der Waals surface area contributed by atoms with Crippen LogP contribution in [-0.4, -0.2) is 23.4 Å². The predicted molar refractivity (Wildman–Crippen MR) is 43.1 cm³/mol. The highest BCUT2D eigenvalue weighted by molar-refractivity contribution is 5.77. The van der Waals surface area contributed by atoms with E-state index in [4.69, 9.17) is 0 Å². The highest BCUT2D eigenvalue weighted by Crippen LogP contribution is 2.22. The summed E-state index contributed by atoms with van der Waals surface area (Å²) >= 11 is 0. The number of hydrogen-bond donors (Lipinski definition) is 0. The van der Waals surface area contributed by atoms with Gasteiger partial charge in [-0.2, -0.15) is 0 Å². The molecule has 0 saturated carbocycles. The molecule has 0 aromatic rings. The first-order chi connectivity index (χ1) is 5.38. The number of carbonyl (C=O) groups is 1. The van der Waals surface area contributed by atoms with Crippen molar-refractivity contribution in [2.75, 3.05) is 6.54 Å². The number of fused-ring (bicyclic) bond motifs is 1. The Hall–Kier alpha value is -0.790. The molecule has 11 heavy (non-hydrogen) atoms. The number of hydrogen-bond acceptors (Lipinski definition) is 1. The van der Waals surface area contributed by atoms with Gasteiger partial charge in [-0.25, -0.2) is 0 Å². The van der Waals surface area contributed by atoms with E-state index in [0.717, 1.165) is 25.8 Å². The average molecular weight is 151 g/mol. The molecular weight excluding hydrogens is 138 g/mol. The lowest BCUT2D eigenvalue weighted by atomic mass is 9.98. The van der Waals surface area contributed by atoms with E-state index in [1.165, 1.54) is 6.42 Å². The van der Waals surface area contributed by atoms with Crippen LogP contribution in [0.15, 0.2) is 12.2 Å². The molecule has 0 spiro atoms. The summed E-state index contributed by atoms with van der Waals surface area (Å²) in [6, 6.07) is 0.435. The Bertz CT molecular complexity index is 198. The summed E-state index contributed by atoms with van der Waals surface area (Å²) in [5.74, 6) is 0.352. The third-order valence-corrected chi connectivity index (χ3v) is 2.51. The molecule has 0 N–H and O–H groups in total. The zero-order valence-corrected chi connectivity index (χ0v) is 6.62. The van der Waals surface area contributed by atoms with Gasteiger partial charge in [0.05, 0.1) is 0 Å². The number of piperidine rings is 1. The van der Waals surface area contributed by atoms with Crippen molar-refractivity contribution >= 4 is 5.91 Å². The minimum Gasteiger partial charge on any atom is -0.336 e. The lowest BCUT2D eigenvalue weighted by molar-refractivity contribution is -0.135. The lowest BCUT2D eigenvalue weighted by Gasteiger charge is -2.35. The van der Waals surface area contributed by atoms with Crippen LogP contribution in [0, 0.1) is 0 Å². The topological polar surface area (TPSA) is 20.3 Å². The summed E-state index contributed by atoms with van der Waals surface area (Å²) in [6.45, 7) is 0.944. The highest BCUT2D eigenvalue weighted by Gasteiger charge is 2.26. The fourth-order valence-electron chi connectivity index (χ4n) is 1.90. The third-order valence-electron chi connectivity index (χ3n) is 2.51. The zero-order chi connectivity index (χ0) is 7.68. The number of carbonyl (C=O) groups excluding carboxylic acids is 1. The molecule has 0 aromatic carbocycles. The van der Waals surface area contributed by atoms with E-state index in [2.05, 4.69) is 12.2 Å². The molecule has 2 aliphatic rings. The maximum atomic E-state index is 11.3. The Balaban J connectivity index is 2.15. The molecule has 0 unspecified atom stereocenters. The maximum absolute atomic E-state index is 11.3. The van der Waals surface area contributed by atoms with E-state index in [0.29, 0.717) is 11.9 Å². The van der Waals surface area contributed by atoms with Crippen LogP contribution < -0.4 is 0 Å². The van der Waals surface area contributed by atoms with Crippen LogP contribution in [0.2, 0.25) is 0 Å². The summed E-state index contributed by atoms with van der Waals surface area (Å²) in [7, 11) is 0. The fraction of sp³-hybridized carbons (Fsp3) is 0.667. The van der Waals surface area contributed by atoms with Crippen molar-refractivity contribution in [2.24, 2.45) is 0 Å². The normalized spacial score (nSPS) is 30.4. The summed E-state index contributed by atoms with van der Waals surface area (Å²) in [5.41, 5.74) is 0. The quantitative estimate of drug-likeness (QED) is 0.478. The van der Waals surface area contributed by atoms with Crippen LogP contribution in [0.25, 0.3) is 0 Å². The van der Waals surface area contributed by atoms with Crippen LogP contribution >= 0.6 is 0 Å². The van der Waals surface area contributed by atoms with Crippen molar-refractivity contribution in [3.05, 3.63) is 12.2 Å². The SMILES string of the molecule is O=C1CCC[C@H]2C=CCCN12. The smallest absolute Gasteiger partial charge is 0.223 e. The minimum atomic E-state index is 0.352. The monoisotopic (exact) mass is 151 g/mol. The molecule has 1 atom stereocenters. The molecule has 60 valence electrons. The largest absolute Gasteiger partial charge is 0.336 e. The van der Waals surface area contributed by atoms with Gasteiger partial charge in [-0.1, -0.05) is 12.2 Å². The van der Waals surface area contributed by atoms with Gasteiger partial charge in [0, 0.05) is 19.0 Å². The first-order valence-electron chi connectivity index (χ1n) is 4.34. The van der Waals surface area contributed by atoms with Gasteiger partial charge in [-0.15, -0.1) is 0 Å². The molecular formula is C9H13NO. The Morgan fingerprint density at radius 1 is 1.55 bits per heavy atom. The average Bonchev–Trinajstić information content (AvgIpc) is 2.06. The third kappa shape index (κ3) is 1.17. The van der Waals surface area contributed by atoms with Crippen LogP contribution in [0.3, 0.4) is 0 Å². The van der Waals surface area contributed by atoms with Crippen molar-refractivity contribution in [2.45, 2.75) is 31.7 Å². The first-order valence-corrected chi connectivity index (χ1v) is 4.34. The van der Waals surface area contributed by atoms with E-state index >= 15 is 0 Å². The second-order valence-electron chi connectivity index (χ2n) is 3.26. The van der Waals surface area contributed by atoms with Crippen molar-refractivity contribution in [1.29, 1.82) is 0 Å². The van der Waals surface area contributed by atoms with Crippen molar-refractivity contribution in [3.63, 3.8) is 0 Å². The molecule has 2 nitrogen and oxygen atoms in total. The van der Waals surface area contributed by atoms with Gasteiger partial charge in [-0.05, 0) is 19.3 Å². The van der Waals surface area contributed by atoms with Gasteiger partial charge in [0.15, 0.2) is 0 Å². The second-order valence-corrected chi connectivity index (χ2v) is 3.26. The van der Waals surface area contributed by atoms with E-state index < -0.39 is 0 Å². The summed E-state index contributed by atoms with van der Waals surface area (Å²) in [6.07, 6.45) is 8.43. The Labute approximate surface area is 66.9 Å². The highest BCUT2D eigenvalue weighted by atomic mass is 16.2. The molecule has 1 amide bonds. The van der Waals surface area contributed by atoms with Gasteiger partial charge < -0.3 is 4.90 Å². The van der Waals surface area contributed by atoms with Crippen LogP contribution in [-0.2, 0) is 4.79 Å². The fourth-order valence-corrected chi connectivity index (χ4v) is 1.90. The van der Waals surface area contributed by atoms with Crippen LogP contribution in [0.1, 0.15) is 25.7 Å². The lowest BCUT2D eigenvalue weighted by Crippen LogP contribution is -2.44. The Morgan fingerprint density at radius 3 is 3.27 bits per heavy atom. The second kappa shape index (κ2) is 2.68. The molecule has 0 aliphatic carbocycles. The van der Waals surface area contributed by atoms with Gasteiger partial charge >= 0.3 is 0 Å². The van der Waals surface area contributed by atoms with E-state index in [-0.39, 0.29) is 0 Å². The predicted octanol–water partition coefficient (Wildman–Crippen LogP) is 1.33. The molecule has 0 radical (unpaired) electrons. The van der Waals surface area contributed by atoms with E-state index in [1.807, 2.05) is 4.90 Å². The number of nitrogens with zero attached hydrogens (tertiary/aromatic N) is 1. The molecule has 1 saturated heterocycles. The van der Waals surface area contributed by atoms with Crippen molar-refractivity contribution in [3.8, 4) is 0 Å². The van der Waals surface area contributed by atoms with Crippen molar-refractivity contribution in [1.82, 2.24) is 4.90 Å². The van der Waals surface area contributed by atoms with Gasteiger partial charge in [0.2, 0.25) is 5.91 Å². The standard InChI is InChI=1S/C9H13NO/c11-9-6-3-5-8-4-1-2-7-10(8)9/h1,4,8H,2-3,5-7H2/t8-/m1/s1. The van der Waals surface area contributed by atoms with Gasteiger partial charge in [0.1, 0.15) is 0 Å². The van der Waals surface area contributed by atoms with E-state index in [1.54, 1.807) is 0 Å². The maximum Gasteiger partial charge on any atom is 0.223 e. The Morgan fingerprint density at radius 2 is 2.45 bits per heavy atom. The molecule has 2 aliphatic heterocycles. The molecule has 2 rings (SSSR count). The van der Waals surface area contributed by atoms with Crippen LogP contribution in [0.4, 0.5) is 0 Å². The summed E-state index contributed by atoms with van der Waals surface area (Å²) in [5, 5.41) is 0. The number of rotatable bonds is 0. The molecule has 2 heteroatoms. The van der Waals surface area contributed by atoms with Crippen LogP contribution in [0.5, 0.6) is 0 Å². The summed E-state index contributed by atoms with van der Waals surface area (Å²) < 4.78 is 0. The zero-order valence-electron chi connectivity index (χ0n) is 6.62. The molecule has 0 bridgehead atoms. The van der Waals surface area contributed by atoms with Gasteiger partial charge in [-0.3, -0.25) is 4.79 Å². The molecule has 1 fully saturated rings. The van der Waals surface area contributed by atoms with E-state index in [9.17, 15) is 4.79 Å². The minimum absolute atomic E-state index is 0.352. The first kappa shape index (κ1) is 6.89. The van der Waals surface area contributed by atoms with Gasteiger partial charge in [0.25, 0.3) is 0 Å².